The minimum absolute atomic E-state index is 0.127. The van der Waals surface area contributed by atoms with Crippen molar-refractivity contribution in [3.05, 3.63) is 91.1 Å². The Balaban J connectivity index is 1.79. The fourth-order valence-electron chi connectivity index (χ4n) is 2.82. The van der Waals surface area contributed by atoms with Crippen LogP contribution in [0, 0.1) is 10.1 Å². The molecule has 0 radical (unpaired) electrons. The lowest BCUT2D eigenvalue weighted by atomic mass is 10.0. The molecule has 0 N–H and O–H groups in total. The molecule has 0 amide bonds. The van der Waals surface area contributed by atoms with Crippen molar-refractivity contribution in [2.75, 3.05) is 0 Å². The van der Waals surface area contributed by atoms with E-state index in [9.17, 15) is 19.7 Å². The van der Waals surface area contributed by atoms with E-state index in [0.29, 0.717) is 26.4 Å². The van der Waals surface area contributed by atoms with Gasteiger partial charge in [-0.05, 0) is 29.8 Å². The molecular weight excluding hydrogens is 418 g/mol. The number of nitrogens with zero attached hydrogens (tertiary/aromatic N) is 1. The molecule has 0 unspecified atom stereocenters. The van der Waals surface area contributed by atoms with Gasteiger partial charge >= 0.3 is 10.9 Å². The van der Waals surface area contributed by atoms with Gasteiger partial charge in [-0.2, -0.15) is 0 Å². The van der Waals surface area contributed by atoms with Crippen molar-refractivity contribution in [2.24, 2.45) is 0 Å². The Morgan fingerprint density at radius 1 is 1.10 bits per heavy atom. The first-order chi connectivity index (χ1) is 13.9. The van der Waals surface area contributed by atoms with E-state index in [0.717, 1.165) is 11.3 Å². The molecule has 0 atom stereocenters. The van der Waals surface area contributed by atoms with Crippen molar-refractivity contribution < 1.29 is 18.9 Å². The van der Waals surface area contributed by atoms with Crippen LogP contribution in [-0.2, 0) is 0 Å². The molecule has 1 heterocycles. The third-order valence-corrected chi connectivity index (χ3v) is 5.12. The number of benzene rings is 3. The summed E-state index contributed by atoms with van der Waals surface area (Å²) in [4.78, 5) is 34.3. The molecule has 3 aromatic carbocycles. The van der Waals surface area contributed by atoms with Crippen molar-refractivity contribution >= 4 is 44.9 Å². The molecule has 9 heteroatoms. The largest absolute Gasteiger partial charge is 0.423 e. The van der Waals surface area contributed by atoms with E-state index in [2.05, 4.69) is 0 Å². The fraction of sp³-hybridized carbons (Fsp3) is 0. The Bertz CT molecular complexity index is 1310. The number of hydrogen-bond acceptors (Lipinski definition) is 7. The molecule has 0 aliphatic carbocycles. The zero-order chi connectivity index (χ0) is 20.5. The summed E-state index contributed by atoms with van der Waals surface area (Å²) in [6, 6.07) is 15.4. The summed E-state index contributed by atoms with van der Waals surface area (Å²) in [5.41, 5.74) is 1.05. The van der Waals surface area contributed by atoms with E-state index in [1.54, 1.807) is 24.3 Å². The van der Waals surface area contributed by atoms with Crippen LogP contribution in [0.3, 0.4) is 0 Å². The maximum Gasteiger partial charge on any atom is 0.396 e. The van der Waals surface area contributed by atoms with E-state index < -0.39 is 15.8 Å². The average Bonchev–Trinajstić information content (AvgIpc) is 3.08. The lowest BCUT2D eigenvalue weighted by Crippen LogP contribution is -2.11. The highest BCUT2D eigenvalue weighted by atomic mass is 35.5. The number of nitro benzene ring substituents is 1. The Kier molecular flexibility index (Phi) is 4.87. The molecular formula is C20H10ClNO6S. The van der Waals surface area contributed by atoms with Crippen LogP contribution in [0.2, 0.25) is 5.02 Å². The first-order valence-electron chi connectivity index (χ1n) is 8.21. The van der Waals surface area contributed by atoms with Gasteiger partial charge in [0.1, 0.15) is 11.3 Å². The summed E-state index contributed by atoms with van der Waals surface area (Å²) in [7, 11) is 0. The fourth-order valence-corrected chi connectivity index (χ4v) is 3.67. The van der Waals surface area contributed by atoms with E-state index in [1.807, 2.05) is 0 Å². The minimum Gasteiger partial charge on any atom is -0.423 e. The lowest BCUT2D eigenvalue weighted by molar-refractivity contribution is -0.385. The van der Waals surface area contributed by atoms with Crippen molar-refractivity contribution in [3.63, 3.8) is 0 Å². The smallest absolute Gasteiger partial charge is 0.396 e. The maximum absolute atomic E-state index is 12.5. The maximum atomic E-state index is 12.5. The summed E-state index contributed by atoms with van der Waals surface area (Å²) >= 11 is 6.80. The standard InChI is InChI=1S/C20H10ClNO6S/c21-12-7-5-11(6-8-12)15-9-13(10-17-18(15)28-20(24)29-17)27-19(23)14-3-1-2-4-16(14)22(25)26/h1-10H. The van der Waals surface area contributed by atoms with Crippen LogP contribution in [0.5, 0.6) is 5.75 Å². The van der Waals surface area contributed by atoms with Crippen molar-refractivity contribution in [3.8, 4) is 16.9 Å². The van der Waals surface area contributed by atoms with Gasteiger partial charge in [-0.3, -0.25) is 10.1 Å². The first-order valence-corrected chi connectivity index (χ1v) is 9.41. The molecule has 1 aromatic heterocycles. The Labute approximate surface area is 171 Å². The Hall–Kier alpha value is -3.49. The van der Waals surface area contributed by atoms with Crippen LogP contribution in [0.15, 0.2) is 69.9 Å². The van der Waals surface area contributed by atoms with Gasteiger partial charge in [-0.25, -0.2) is 9.59 Å². The number of esters is 1. The molecule has 0 aliphatic rings. The predicted molar refractivity (Wildman–Crippen MR) is 109 cm³/mol. The number of rotatable bonds is 4. The molecule has 0 fully saturated rings. The van der Waals surface area contributed by atoms with Crippen LogP contribution < -0.4 is 9.68 Å². The second-order valence-corrected chi connectivity index (χ2v) is 7.34. The third-order valence-electron chi connectivity index (χ3n) is 4.09. The quantitative estimate of drug-likeness (QED) is 0.189. The molecule has 0 spiro atoms. The van der Waals surface area contributed by atoms with Gasteiger partial charge in [0, 0.05) is 22.7 Å². The van der Waals surface area contributed by atoms with Gasteiger partial charge in [0.25, 0.3) is 5.69 Å². The molecule has 0 aliphatic heterocycles. The number of para-hydroxylation sites is 1. The van der Waals surface area contributed by atoms with Crippen LogP contribution in [0.4, 0.5) is 5.69 Å². The summed E-state index contributed by atoms with van der Waals surface area (Å²) < 4.78 is 11.1. The Morgan fingerprint density at radius 2 is 1.83 bits per heavy atom. The molecule has 144 valence electrons. The number of nitro groups is 1. The summed E-state index contributed by atoms with van der Waals surface area (Å²) in [5, 5.41) is 11.7. The van der Waals surface area contributed by atoms with Crippen LogP contribution in [0.25, 0.3) is 21.4 Å². The molecule has 0 saturated heterocycles. The second kappa shape index (κ2) is 7.50. The van der Waals surface area contributed by atoms with E-state index in [-0.39, 0.29) is 17.0 Å². The number of carbonyl (C=O) groups is 1. The number of ether oxygens (including phenoxy) is 1. The third kappa shape index (κ3) is 3.75. The van der Waals surface area contributed by atoms with Crippen LogP contribution >= 0.6 is 22.9 Å². The topological polar surface area (TPSA) is 99.7 Å². The highest BCUT2D eigenvalue weighted by Crippen LogP contribution is 2.35. The molecule has 0 saturated carbocycles. The van der Waals surface area contributed by atoms with Gasteiger partial charge in [-0.15, -0.1) is 0 Å². The van der Waals surface area contributed by atoms with Gasteiger partial charge in [0.05, 0.1) is 9.62 Å². The minimum atomic E-state index is -0.880. The molecule has 4 aromatic rings. The van der Waals surface area contributed by atoms with Gasteiger partial charge in [-0.1, -0.05) is 47.2 Å². The molecule has 4 rings (SSSR count). The number of halogens is 1. The van der Waals surface area contributed by atoms with Crippen LogP contribution in [0.1, 0.15) is 10.4 Å². The zero-order valence-electron chi connectivity index (χ0n) is 14.5. The van der Waals surface area contributed by atoms with Gasteiger partial charge in [0.2, 0.25) is 0 Å². The number of hydrogen-bond donors (Lipinski definition) is 0. The molecule has 7 nitrogen and oxygen atoms in total. The zero-order valence-corrected chi connectivity index (χ0v) is 16.0. The number of fused-ring (bicyclic) bond motifs is 1. The SMILES string of the molecule is O=C(Oc1cc(-c2ccc(Cl)cc2)c2oc(=O)sc2c1)c1ccccc1[N+](=O)[O-]. The summed E-state index contributed by atoms with van der Waals surface area (Å²) in [5.74, 6) is -0.753. The monoisotopic (exact) mass is 427 g/mol. The lowest BCUT2D eigenvalue weighted by Gasteiger charge is -2.08. The summed E-state index contributed by atoms with van der Waals surface area (Å²) in [6.45, 7) is 0. The van der Waals surface area contributed by atoms with E-state index >= 15 is 0 Å². The predicted octanol–water partition coefficient (Wildman–Crippen LogP) is 5.30. The van der Waals surface area contributed by atoms with Crippen LogP contribution in [-0.4, -0.2) is 10.9 Å². The molecule has 0 bridgehead atoms. The highest BCUT2D eigenvalue weighted by Gasteiger charge is 2.22. The van der Waals surface area contributed by atoms with Gasteiger partial charge < -0.3 is 9.15 Å². The average molecular weight is 428 g/mol. The summed E-state index contributed by atoms with van der Waals surface area (Å²) in [6.07, 6.45) is 0. The van der Waals surface area contributed by atoms with E-state index in [1.165, 1.54) is 36.4 Å². The number of carbonyl (C=O) groups excluding carboxylic acids is 1. The van der Waals surface area contributed by atoms with Crippen molar-refractivity contribution in [2.45, 2.75) is 0 Å². The first kappa shape index (κ1) is 18.9. The van der Waals surface area contributed by atoms with Crippen molar-refractivity contribution in [1.29, 1.82) is 0 Å². The van der Waals surface area contributed by atoms with Gasteiger partial charge in [0.15, 0.2) is 5.58 Å². The normalized spacial score (nSPS) is 10.8. The Morgan fingerprint density at radius 3 is 2.55 bits per heavy atom. The van der Waals surface area contributed by atoms with Crippen molar-refractivity contribution in [1.82, 2.24) is 0 Å². The van der Waals surface area contributed by atoms with E-state index in [4.69, 9.17) is 20.8 Å². The highest BCUT2D eigenvalue weighted by molar-refractivity contribution is 7.16. The second-order valence-electron chi connectivity index (χ2n) is 5.92. The molecule has 29 heavy (non-hydrogen) atoms.